The van der Waals surface area contributed by atoms with E-state index in [4.69, 9.17) is 4.74 Å². The van der Waals surface area contributed by atoms with Crippen molar-refractivity contribution < 1.29 is 4.74 Å². The lowest BCUT2D eigenvalue weighted by atomic mass is 10.1. The summed E-state index contributed by atoms with van der Waals surface area (Å²) in [7, 11) is 0. The first-order chi connectivity index (χ1) is 8.22. The fourth-order valence-corrected chi connectivity index (χ4v) is 1.98. The number of rotatable bonds is 6. The Labute approximate surface area is 103 Å². The SMILES string of the molecule is CCOc1ncnc(NCC(C)C2CC2)c1C. The molecule has 1 saturated carbocycles. The van der Waals surface area contributed by atoms with E-state index >= 15 is 0 Å². The highest BCUT2D eigenvalue weighted by atomic mass is 16.5. The van der Waals surface area contributed by atoms with Crippen LogP contribution in [0.3, 0.4) is 0 Å². The van der Waals surface area contributed by atoms with Crippen molar-refractivity contribution in [2.24, 2.45) is 11.8 Å². The van der Waals surface area contributed by atoms with Crippen molar-refractivity contribution in [2.45, 2.75) is 33.6 Å². The van der Waals surface area contributed by atoms with Crippen LogP contribution in [-0.2, 0) is 0 Å². The number of ether oxygens (including phenoxy) is 1. The normalized spacial score (nSPS) is 16.6. The number of nitrogens with one attached hydrogen (secondary N) is 1. The van der Waals surface area contributed by atoms with Crippen molar-refractivity contribution >= 4 is 5.82 Å². The van der Waals surface area contributed by atoms with Crippen LogP contribution in [0.25, 0.3) is 0 Å². The summed E-state index contributed by atoms with van der Waals surface area (Å²) in [6.07, 6.45) is 4.33. The van der Waals surface area contributed by atoms with Crippen LogP contribution in [0.1, 0.15) is 32.3 Å². The summed E-state index contributed by atoms with van der Waals surface area (Å²) in [6, 6.07) is 0. The number of anilines is 1. The van der Waals surface area contributed by atoms with E-state index < -0.39 is 0 Å². The molecule has 0 amide bonds. The van der Waals surface area contributed by atoms with Gasteiger partial charge < -0.3 is 10.1 Å². The Morgan fingerprint density at radius 3 is 2.88 bits per heavy atom. The van der Waals surface area contributed by atoms with Crippen LogP contribution in [0, 0.1) is 18.8 Å². The molecule has 4 heteroatoms. The van der Waals surface area contributed by atoms with Crippen molar-refractivity contribution in [3.63, 3.8) is 0 Å². The Hall–Kier alpha value is -1.32. The second kappa shape index (κ2) is 5.34. The molecule has 17 heavy (non-hydrogen) atoms. The van der Waals surface area contributed by atoms with Crippen LogP contribution >= 0.6 is 0 Å². The summed E-state index contributed by atoms with van der Waals surface area (Å²) >= 11 is 0. The molecule has 1 aliphatic carbocycles. The molecule has 2 rings (SSSR count). The first-order valence-corrected chi connectivity index (χ1v) is 6.40. The molecule has 94 valence electrons. The molecule has 0 spiro atoms. The van der Waals surface area contributed by atoms with Crippen molar-refractivity contribution in [3.8, 4) is 5.88 Å². The molecule has 1 atom stereocenters. The van der Waals surface area contributed by atoms with Crippen LogP contribution in [0.4, 0.5) is 5.82 Å². The molecule has 1 unspecified atom stereocenters. The van der Waals surface area contributed by atoms with Crippen molar-refractivity contribution in [1.29, 1.82) is 0 Å². The van der Waals surface area contributed by atoms with Gasteiger partial charge in [-0.2, -0.15) is 0 Å². The summed E-state index contributed by atoms with van der Waals surface area (Å²) in [5.41, 5.74) is 0.998. The standard InChI is InChI=1S/C13H21N3O/c1-4-17-13-10(3)12(15-8-16-13)14-7-9(2)11-5-6-11/h8-9,11H,4-7H2,1-3H3,(H,14,15,16). The first-order valence-electron chi connectivity index (χ1n) is 6.40. The van der Waals surface area contributed by atoms with Crippen molar-refractivity contribution in [3.05, 3.63) is 11.9 Å². The molecule has 0 aromatic carbocycles. The van der Waals surface area contributed by atoms with E-state index in [1.165, 1.54) is 12.8 Å². The first kappa shape index (κ1) is 12.1. The van der Waals surface area contributed by atoms with Gasteiger partial charge in [0, 0.05) is 6.54 Å². The predicted molar refractivity (Wildman–Crippen MR) is 68.3 cm³/mol. The maximum absolute atomic E-state index is 5.45. The molecule has 1 fully saturated rings. The van der Waals surface area contributed by atoms with Gasteiger partial charge in [-0.05, 0) is 38.5 Å². The third kappa shape index (κ3) is 3.08. The molecule has 1 aromatic heterocycles. The van der Waals surface area contributed by atoms with Gasteiger partial charge in [0.2, 0.25) is 5.88 Å². The molecule has 0 radical (unpaired) electrons. The molecule has 0 aliphatic heterocycles. The molecular formula is C13H21N3O. The quantitative estimate of drug-likeness (QED) is 0.823. The maximum Gasteiger partial charge on any atom is 0.221 e. The van der Waals surface area contributed by atoms with E-state index in [1.54, 1.807) is 6.33 Å². The minimum atomic E-state index is 0.635. The smallest absolute Gasteiger partial charge is 0.221 e. The van der Waals surface area contributed by atoms with Crippen LogP contribution in [0.5, 0.6) is 5.88 Å². The third-order valence-corrected chi connectivity index (χ3v) is 3.34. The molecule has 1 N–H and O–H groups in total. The van der Waals surface area contributed by atoms with Crippen molar-refractivity contribution in [1.82, 2.24) is 9.97 Å². The largest absolute Gasteiger partial charge is 0.478 e. The Morgan fingerprint density at radius 1 is 1.47 bits per heavy atom. The van der Waals surface area contributed by atoms with Gasteiger partial charge in [-0.3, -0.25) is 0 Å². The molecule has 0 bridgehead atoms. The second-order valence-electron chi connectivity index (χ2n) is 4.78. The minimum absolute atomic E-state index is 0.635. The van der Waals surface area contributed by atoms with Gasteiger partial charge in [0.05, 0.1) is 12.2 Å². The van der Waals surface area contributed by atoms with Gasteiger partial charge >= 0.3 is 0 Å². The van der Waals surface area contributed by atoms with E-state index in [0.29, 0.717) is 12.5 Å². The van der Waals surface area contributed by atoms with Crippen LogP contribution < -0.4 is 10.1 Å². The summed E-state index contributed by atoms with van der Waals surface area (Å²) in [6.45, 7) is 7.87. The van der Waals surface area contributed by atoms with E-state index in [2.05, 4.69) is 22.2 Å². The molecule has 4 nitrogen and oxygen atoms in total. The zero-order valence-electron chi connectivity index (χ0n) is 10.9. The third-order valence-electron chi connectivity index (χ3n) is 3.34. The molecular weight excluding hydrogens is 214 g/mol. The molecule has 1 aromatic rings. The highest BCUT2D eigenvalue weighted by Crippen LogP contribution is 2.36. The summed E-state index contributed by atoms with van der Waals surface area (Å²) < 4.78 is 5.45. The van der Waals surface area contributed by atoms with Gasteiger partial charge in [0.1, 0.15) is 12.1 Å². The van der Waals surface area contributed by atoms with E-state index in [1.807, 2.05) is 13.8 Å². The predicted octanol–water partition coefficient (Wildman–Crippen LogP) is 2.64. The maximum atomic E-state index is 5.45. The second-order valence-corrected chi connectivity index (χ2v) is 4.78. The fraction of sp³-hybridized carbons (Fsp3) is 0.692. The lowest BCUT2D eigenvalue weighted by Crippen LogP contribution is -2.15. The van der Waals surface area contributed by atoms with Crippen LogP contribution in [0.15, 0.2) is 6.33 Å². The Morgan fingerprint density at radius 2 is 2.24 bits per heavy atom. The van der Waals surface area contributed by atoms with Crippen LogP contribution in [-0.4, -0.2) is 23.1 Å². The average Bonchev–Trinajstić information content (AvgIpc) is 3.14. The Kier molecular flexibility index (Phi) is 3.82. The number of nitrogens with zero attached hydrogens (tertiary/aromatic N) is 2. The van der Waals surface area contributed by atoms with Gasteiger partial charge in [-0.15, -0.1) is 0 Å². The van der Waals surface area contributed by atoms with E-state index in [9.17, 15) is 0 Å². The fourth-order valence-electron chi connectivity index (χ4n) is 1.98. The molecule has 1 aliphatic rings. The van der Waals surface area contributed by atoms with Gasteiger partial charge in [-0.25, -0.2) is 9.97 Å². The topological polar surface area (TPSA) is 47.0 Å². The molecule has 0 saturated heterocycles. The monoisotopic (exact) mass is 235 g/mol. The van der Waals surface area contributed by atoms with Gasteiger partial charge in [-0.1, -0.05) is 6.92 Å². The lowest BCUT2D eigenvalue weighted by Gasteiger charge is -2.14. The van der Waals surface area contributed by atoms with Crippen molar-refractivity contribution in [2.75, 3.05) is 18.5 Å². The summed E-state index contributed by atoms with van der Waals surface area (Å²) in [5, 5.41) is 3.40. The summed E-state index contributed by atoms with van der Waals surface area (Å²) in [5.74, 6) is 3.22. The van der Waals surface area contributed by atoms with Gasteiger partial charge in [0.25, 0.3) is 0 Å². The number of aromatic nitrogens is 2. The lowest BCUT2D eigenvalue weighted by molar-refractivity contribution is 0.324. The summed E-state index contributed by atoms with van der Waals surface area (Å²) in [4.78, 5) is 8.40. The zero-order valence-corrected chi connectivity index (χ0v) is 10.9. The highest BCUT2D eigenvalue weighted by molar-refractivity contribution is 5.47. The number of hydrogen-bond donors (Lipinski definition) is 1. The number of hydrogen-bond acceptors (Lipinski definition) is 4. The van der Waals surface area contributed by atoms with E-state index in [0.717, 1.165) is 29.8 Å². The zero-order chi connectivity index (χ0) is 12.3. The highest BCUT2D eigenvalue weighted by Gasteiger charge is 2.27. The Bertz CT molecular complexity index is 377. The minimum Gasteiger partial charge on any atom is -0.478 e. The average molecular weight is 235 g/mol. The molecule has 1 heterocycles. The Balaban J connectivity index is 1.96. The van der Waals surface area contributed by atoms with Crippen LogP contribution in [0.2, 0.25) is 0 Å². The van der Waals surface area contributed by atoms with Gasteiger partial charge in [0.15, 0.2) is 0 Å². The van der Waals surface area contributed by atoms with E-state index in [-0.39, 0.29) is 0 Å².